The second-order valence-corrected chi connectivity index (χ2v) is 6.64. The van der Waals surface area contributed by atoms with Gasteiger partial charge in [0.2, 0.25) is 5.95 Å². The van der Waals surface area contributed by atoms with Gasteiger partial charge in [-0.2, -0.15) is 0 Å². The predicted octanol–water partition coefficient (Wildman–Crippen LogP) is 4.56. The molecule has 0 amide bonds. The summed E-state index contributed by atoms with van der Waals surface area (Å²) in [7, 11) is 0. The van der Waals surface area contributed by atoms with E-state index in [1.54, 1.807) is 0 Å². The van der Waals surface area contributed by atoms with Crippen LogP contribution in [0.4, 0.5) is 5.95 Å². The van der Waals surface area contributed by atoms with Crippen LogP contribution in [0.2, 0.25) is 5.02 Å². The Bertz CT molecular complexity index is 813. The molecule has 0 radical (unpaired) electrons. The summed E-state index contributed by atoms with van der Waals surface area (Å²) in [6, 6.07) is 13.9. The molecule has 0 saturated carbocycles. The van der Waals surface area contributed by atoms with Crippen molar-refractivity contribution in [2.24, 2.45) is 0 Å². The molecule has 0 atom stereocenters. The minimum absolute atomic E-state index is 0.0199. The molecule has 108 valence electrons. The molecule has 0 aliphatic rings. The zero-order valence-corrected chi connectivity index (χ0v) is 13.1. The van der Waals surface area contributed by atoms with Crippen molar-refractivity contribution in [3.8, 4) is 5.69 Å². The van der Waals surface area contributed by atoms with Crippen LogP contribution in [0, 0.1) is 0 Å². The molecule has 0 aliphatic carbocycles. The van der Waals surface area contributed by atoms with Gasteiger partial charge in [-0.05, 0) is 35.2 Å². The number of nitrogens with zero attached hydrogens (tertiary/aromatic N) is 2. The molecule has 0 unspecified atom stereocenters. The first-order valence-electron chi connectivity index (χ1n) is 6.91. The highest BCUT2D eigenvalue weighted by Gasteiger charge is 2.21. The van der Waals surface area contributed by atoms with E-state index in [0.717, 1.165) is 16.7 Å². The Morgan fingerprint density at radius 2 is 1.81 bits per heavy atom. The molecule has 3 rings (SSSR count). The number of aromatic nitrogens is 2. The standard InChI is InChI=1S/C17H18ClN3/c1-17(2,3)12-6-4-5-7-14(12)21-15-9-8-11(18)10-13(15)20-16(21)19/h4-10H,1-3H3,(H2,19,20). The van der Waals surface area contributed by atoms with Crippen LogP contribution < -0.4 is 5.73 Å². The van der Waals surface area contributed by atoms with Crippen LogP contribution in [0.1, 0.15) is 26.3 Å². The quantitative estimate of drug-likeness (QED) is 0.716. The fourth-order valence-corrected chi connectivity index (χ4v) is 2.79. The lowest BCUT2D eigenvalue weighted by molar-refractivity contribution is 0.587. The summed E-state index contributed by atoms with van der Waals surface area (Å²) < 4.78 is 1.99. The zero-order valence-electron chi connectivity index (χ0n) is 12.4. The van der Waals surface area contributed by atoms with E-state index in [4.69, 9.17) is 17.3 Å². The van der Waals surface area contributed by atoms with Crippen molar-refractivity contribution in [2.45, 2.75) is 26.2 Å². The van der Waals surface area contributed by atoms with E-state index < -0.39 is 0 Å². The summed E-state index contributed by atoms with van der Waals surface area (Å²) >= 11 is 6.04. The Balaban J connectivity index is 2.34. The number of anilines is 1. The van der Waals surface area contributed by atoms with Gasteiger partial charge in [0.1, 0.15) is 0 Å². The molecule has 0 bridgehead atoms. The van der Waals surface area contributed by atoms with Crippen molar-refractivity contribution in [1.82, 2.24) is 9.55 Å². The van der Waals surface area contributed by atoms with Crippen LogP contribution in [0.3, 0.4) is 0 Å². The molecular formula is C17H18ClN3. The van der Waals surface area contributed by atoms with E-state index in [9.17, 15) is 0 Å². The lowest BCUT2D eigenvalue weighted by Gasteiger charge is -2.23. The second kappa shape index (κ2) is 4.78. The number of benzene rings is 2. The Morgan fingerprint density at radius 3 is 2.52 bits per heavy atom. The van der Waals surface area contributed by atoms with Gasteiger partial charge >= 0.3 is 0 Å². The highest BCUT2D eigenvalue weighted by atomic mass is 35.5. The van der Waals surface area contributed by atoms with E-state index in [2.05, 4.69) is 44.0 Å². The van der Waals surface area contributed by atoms with Gasteiger partial charge in [0.25, 0.3) is 0 Å². The average Bonchev–Trinajstić information content (AvgIpc) is 2.72. The highest BCUT2D eigenvalue weighted by Crippen LogP contribution is 2.32. The number of nitrogen functional groups attached to an aromatic ring is 1. The number of halogens is 1. The summed E-state index contributed by atoms with van der Waals surface area (Å²) in [4.78, 5) is 4.43. The molecule has 0 fully saturated rings. The maximum atomic E-state index is 6.16. The van der Waals surface area contributed by atoms with Gasteiger partial charge in [0.15, 0.2) is 0 Å². The molecule has 4 heteroatoms. The van der Waals surface area contributed by atoms with Crippen LogP contribution in [-0.4, -0.2) is 9.55 Å². The number of para-hydroxylation sites is 1. The third kappa shape index (κ3) is 2.38. The largest absolute Gasteiger partial charge is 0.369 e. The number of hydrogen-bond acceptors (Lipinski definition) is 2. The minimum atomic E-state index is 0.0199. The third-order valence-corrected chi connectivity index (χ3v) is 3.83. The van der Waals surface area contributed by atoms with E-state index in [0.29, 0.717) is 11.0 Å². The first-order valence-corrected chi connectivity index (χ1v) is 7.29. The van der Waals surface area contributed by atoms with Gasteiger partial charge in [0.05, 0.1) is 16.7 Å². The highest BCUT2D eigenvalue weighted by molar-refractivity contribution is 6.31. The number of imidazole rings is 1. The van der Waals surface area contributed by atoms with Crippen molar-refractivity contribution in [2.75, 3.05) is 5.73 Å². The molecule has 3 aromatic rings. The summed E-state index contributed by atoms with van der Waals surface area (Å²) in [5, 5.41) is 0.663. The summed E-state index contributed by atoms with van der Waals surface area (Å²) in [6.45, 7) is 6.58. The first kappa shape index (κ1) is 14.0. The molecule has 2 N–H and O–H groups in total. The van der Waals surface area contributed by atoms with Gasteiger partial charge in [-0.15, -0.1) is 0 Å². The van der Waals surface area contributed by atoms with Crippen molar-refractivity contribution in [3.63, 3.8) is 0 Å². The van der Waals surface area contributed by atoms with Crippen LogP contribution in [0.25, 0.3) is 16.7 Å². The Morgan fingerprint density at radius 1 is 1.10 bits per heavy atom. The summed E-state index contributed by atoms with van der Waals surface area (Å²) in [6.07, 6.45) is 0. The fraction of sp³-hybridized carbons (Fsp3) is 0.235. The molecule has 1 heterocycles. The van der Waals surface area contributed by atoms with Gasteiger partial charge in [-0.25, -0.2) is 4.98 Å². The molecule has 0 saturated heterocycles. The molecular weight excluding hydrogens is 282 g/mol. The van der Waals surface area contributed by atoms with Crippen molar-refractivity contribution in [1.29, 1.82) is 0 Å². The van der Waals surface area contributed by atoms with Gasteiger partial charge in [-0.3, -0.25) is 4.57 Å². The smallest absolute Gasteiger partial charge is 0.205 e. The first-order chi connectivity index (χ1) is 9.88. The Kier molecular flexibility index (Phi) is 3.18. The molecule has 1 aromatic heterocycles. The zero-order chi connectivity index (χ0) is 15.2. The van der Waals surface area contributed by atoms with Crippen LogP contribution in [0.15, 0.2) is 42.5 Å². The van der Waals surface area contributed by atoms with Gasteiger partial charge < -0.3 is 5.73 Å². The lowest BCUT2D eigenvalue weighted by atomic mass is 9.85. The summed E-state index contributed by atoms with van der Waals surface area (Å²) in [5.74, 6) is 0.476. The minimum Gasteiger partial charge on any atom is -0.369 e. The van der Waals surface area contributed by atoms with Gasteiger partial charge in [-0.1, -0.05) is 50.6 Å². The molecule has 3 nitrogen and oxygen atoms in total. The second-order valence-electron chi connectivity index (χ2n) is 6.21. The van der Waals surface area contributed by atoms with Crippen molar-refractivity contribution >= 4 is 28.6 Å². The maximum Gasteiger partial charge on any atom is 0.205 e. The number of fused-ring (bicyclic) bond motifs is 1. The molecule has 21 heavy (non-hydrogen) atoms. The molecule has 0 aliphatic heterocycles. The SMILES string of the molecule is CC(C)(C)c1ccccc1-n1c(N)nc2cc(Cl)ccc21. The Hall–Kier alpha value is -2.00. The van der Waals surface area contributed by atoms with E-state index in [-0.39, 0.29) is 5.41 Å². The van der Waals surface area contributed by atoms with Crippen molar-refractivity contribution < 1.29 is 0 Å². The van der Waals surface area contributed by atoms with E-state index in [1.165, 1.54) is 5.56 Å². The van der Waals surface area contributed by atoms with E-state index in [1.807, 2.05) is 28.8 Å². The predicted molar refractivity (Wildman–Crippen MR) is 89.2 cm³/mol. The number of nitrogens with two attached hydrogens (primary N) is 1. The van der Waals surface area contributed by atoms with Crippen molar-refractivity contribution in [3.05, 3.63) is 53.1 Å². The van der Waals surface area contributed by atoms with Crippen LogP contribution >= 0.6 is 11.6 Å². The van der Waals surface area contributed by atoms with Crippen LogP contribution in [-0.2, 0) is 5.41 Å². The average molecular weight is 300 g/mol. The van der Waals surface area contributed by atoms with E-state index >= 15 is 0 Å². The van der Waals surface area contributed by atoms with Crippen LogP contribution in [0.5, 0.6) is 0 Å². The topological polar surface area (TPSA) is 43.8 Å². The number of rotatable bonds is 1. The maximum absolute atomic E-state index is 6.16. The number of hydrogen-bond donors (Lipinski definition) is 1. The molecule has 0 spiro atoms. The van der Waals surface area contributed by atoms with Gasteiger partial charge in [0, 0.05) is 5.02 Å². The fourth-order valence-electron chi connectivity index (χ4n) is 2.63. The normalized spacial score (nSPS) is 12.0. The lowest BCUT2D eigenvalue weighted by Crippen LogP contribution is -2.15. The molecule has 2 aromatic carbocycles. The monoisotopic (exact) mass is 299 g/mol. The Labute approximate surface area is 129 Å². The third-order valence-electron chi connectivity index (χ3n) is 3.60. The summed E-state index contributed by atoms with van der Waals surface area (Å²) in [5.41, 5.74) is 10.2.